The van der Waals surface area contributed by atoms with Gasteiger partial charge < -0.3 is 5.11 Å². The van der Waals surface area contributed by atoms with Gasteiger partial charge in [-0.1, -0.05) is 22.6 Å². The number of halogens is 2. The van der Waals surface area contributed by atoms with Crippen LogP contribution in [0.3, 0.4) is 0 Å². The molecule has 0 aliphatic rings. The number of hydrogen-bond donors (Lipinski definition) is 2. The number of aliphatic carboxylic acids is 1. The number of rotatable bonds is 5. The van der Waals surface area contributed by atoms with Gasteiger partial charge in [0.1, 0.15) is 0 Å². The molecule has 0 spiro atoms. The van der Waals surface area contributed by atoms with Crippen LogP contribution in [0, 0.1) is 0 Å². The number of nitrogens with one attached hydrogen (secondary N) is 1. The summed E-state index contributed by atoms with van der Waals surface area (Å²) in [5, 5.41) is 8.40. The molecule has 3 nitrogen and oxygen atoms in total. The number of hydrogen-bond acceptors (Lipinski definition) is 2. The third-order valence-corrected chi connectivity index (χ3v) is 2.54. The summed E-state index contributed by atoms with van der Waals surface area (Å²) < 4.78 is 3.91. The molecule has 0 saturated heterocycles. The van der Waals surface area contributed by atoms with Crippen molar-refractivity contribution in [3.05, 3.63) is 0 Å². The molecule has 0 aromatic heterocycles. The van der Waals surface area contributed by atoms with Crippen LogP contribution in [-0.2, 0) is 4.79 Å². The van der Waals surface area contributed by atoms with Crippen molar-refractivity contribution >= 4 is 51.4 Å². The third kappa shape index (κ3) is 5.66. The Balaban J connectivity index is 3.49. The van der Waals surface area contributed by atoms with E-state index in [0.29, 0.717) is 0 Å². The molecule has 5 heteroatoms. The van der Waals surface area contributed by atoms with E-state index >= 15 is 0 Å². The molecule has 0 radical (unpaired) electrons. The Kier molecular flexibility index (Phi) is 7.18. The molecular formula is C5H9I2NO2. The van der Waals surface area contributed by atoms with Crippen LogP contribution in [0.25, 0.3) is 0 Å². The van der Waals surface area contributed by atoms with E-state index in [1.807, 2.05) is 22.9 Å². The van der Waals surface area contributed by atoms with Crippen molar-refractivity contribution in [2.75, 3.05) is 4.43 Å². The average Bonchev–Trinajstić information content (AvgIpc) is 1.86. The van der Waals surface area contributed by atoms with E-state index < -0.39 is 5.97 Å². The first-order valence-corrected chi connectivity index (χ1v) is 5.45. The van der Waals surface area contributed by atoms with Crippen molar-refractivity contribution in [3.8, 4) is 0 Å². The van der Waals surface area contributed by atoms with E-state index in [1.54, 1.807) is 0 Å². The van der Waals surface area contributed by atoms with E-state index in [-0.39, 0.29) is 12.5 Å². The number of carboxylic acids is 1. The Morgan fingerprint density at radius 1 is 1.70 bits per heavy atom. The molecule has 0 aromatic carbocycles. The Morgan fingerprint density at radius 2 is 2.30 bits per heavy atom. The summed E-state index contributed by atoms with van der Waals surface area (Å²) >= 11 is 4.23. The zero-order chi connectivity index (χ0) is 7.98. The maximum atomic E-state index is 10.2. The smallest absolute Gasteiger partial charge is 0.304 e. The fourth-order valence-electron chi connectivity index (χ4n) is 0.538. The molecule has 0 amide bonds. The Bertz CT molecular complexity index is 110. The van der Waals surface area contributed by atoms with Gasteiger partial charge in [0.05, 0.1) is 6.42 Å². The van der Waals surface area contributed by atoms with E-state index in [2.05, 4.69) is 26.1 Å². The molecule has 0 fully saturated rings. The summed E-state index contributed by atoms with van der Waals surface area (Å²) in [5.74, 6) is -0.737. The second-order valence-corrected chi connectivity index (χ2v) is 3.58. The maximum Gasteiger partial charge on any atom is 0.304 e. The molecule has 0 aromatic rings. The second-order valence-electron chi connectivity index (χ2n) is 1.88. The molecule has 0 saturated carbocycles. The zero-order valence-corrected chi connectivity index (χ0v) is 9.63. The van der Waals surface area contributed by atoms with Crippen LogP contribution in [-0.4, -0.2) is 21.5 Å². The monoisotopic (exact) mass is 369 g/mol. The molecule has 0 bridgehead atoms. The SMILES string of the molecule is O=C(O)CC(CCI)NI. The van der Waals surface area contributed by atoms with Gasteiger partial charge in [-0.2, -0.15) is 0 Å². The van der Waals surface area contributed by atoms with E-state index in [9.17, 15) is 4.79 Å². The lowest BCUT2D eigenvalue weighted by molar-refractivity contribution is -0.137. The Labute approximate surface area is 87.6 Å². The molecule has 0 heterocycles. The highest BCUT2D eigenvalue weighted by Crippen LogP contribution is 2.02. The fourth-order valence-corrected chi connectivity index (χ4v) is 1.82. The summed E-state index contributed by atoms with van der Waals surface area (Å²) in [4.78, 5) is 10.2. The summed E-state index contributed by atoms with van der Waals surface area (Å²) in [6.45, 7) is 0. The van der Waals surface area contributed by atoms with Crippen LogP contribution >= 0.6 is 45.5 Å². The van der Waals surface area contributed by atoms with Crippen molar-refractivity contribution in [1.29, 1.82) is 0 Å². The summed E-state index contributed by atoms with van der Waals surface area (Å²) in [6, 6.07) is 0.120. The lowest BCUT2D eigenvalue weighted by atomic mass is 10.2. The standard InChI is InChI=1S/C5H9I2NO2/c6-2-1-4(8-7)3-5(9)10/h4,8H,1-3H2,(H,9,10). The van der Waals surface area contributed by atoms with Crippen LogP contribution in [0.2, 0.25) is 0 Å². The fraction of sp³-hybridized carbons (Fsp3) is 0.800. The number of carbonyl (C=O) groups is 1. The summed E-state index contributed by atoms with van der Waals surface area (Å²) in [7, 11) is 0. The largest absolute Gasteiger partial charge is 0.481 e. The molecule has 1 atom stereocenters. The highest BCUT2D eigenvalue weighted by Gasteiger charge is 2.09. The van der Waals surface area contributed by atoms with Gasteiger partial charge in [0, 0.05) is 33.3 Å². The van der Waals surface area contributed by atoms with Gasteiger partial charge in [-0.05, 0) is 6.42 Å². The lowest BCUT2D eigenvalue weighted by Gasteiger charge is -2.09. The molecule has 10 heavy (non-hydrogen) atoms. The van der Waals surface area contributed by atoms with Gasteiger partial charge in [-0.25, -0.2) is 0 Å². The molecule has 0 aliphatic heterocycles. The first-order valence-electron chi connectivity index (χ1n) is 2.84. The first-order chi connectivity index (χ1) is 4.70. The molecule has 2 N–H and O–H groups in total. The van der Waals surface area contributed by atoms with E-state index in [1.165, 1.54) is 0 Å². The summed E-state index contributed by atoms with van der Waals surface area (Å²) in [5.41, 5.74) is 0. The van der Waals surface area contributed by atoms with Gasteiger partial charge in [-0.15, -0.1) is 0 Å². The van der Waals surface area contributed by atoms with Crippen LogP contribution in [0.1, 0.15) is 12.8 Å². The normalized spacial score (nSPS) is 13.0. The maximum absolute atomic E-state index is 10.2. The molecule has 0 rings (SSSR count). The predicted molar refractivity (Wildman–Crippen MR) is 56.7 cm³/mol. The third-order valence-electron chi connectivity index (χ3n) is 1.03. The van der Waals surface area contributed by atoms with Crippen LogP contribution in [0.5, 0.6) is 0 Å². The van der Waals surface area contributed by atoms with Crippen molar-refractivity contribution in [2.45, 2.75) is 18.9 Å². The molecular weight excluding hydrogens is 360 g/mol. The number of carboxylic acid groups (broad SMARTS) is 1. The highest BCUT2D eigenvalue weighted by atomic mass is 127. The van der Waals surface area contributed by atoms with Crippen molar-refractivity contribution in [2.24, 2.45) is 0 Å². The second kappa shape index (κ2) is 6.59. The minimum Gasteiger partial charge on any atom is -0.481 e. The topological polar surface area (TPSA) is 49.3 Å². The zero-order valence-electron chi connectivity index (χ0n) is 5.31. The van der Waals surface area contributed by atoms with Crippen LogP contribution in [0.15, 0.2) is 0 Å². The Hall–Kier alpha value is 0.890. The van der Waals surface area contributed by atoms with E-state index in [0.717, 1.165) is 10.8 Å². The number of alkyl halides is 1. The van der Waals surface area contributed by atoms with Gasteiger partial charge in [0.25, 0.3) is 0 Å². The highest BCUT2D eigenvalue weighted by molar-refractivity contribution is 14.1. The van der Waals surface area contributed by atoms with Gasteiger partial charge in [0.2, 0.25) is 0 Å². The van der Waals surface area contributed by atoms with Gasteiger partial charge in [-0.3, -0.25) is 8.32 Å². The Morgan fingerprint density at radius 3 is 2.60 bits per heavy atom. The van der Waals surface area contributed by atoms with Gasteiger partial charge >= 0.3 is 5.97 Å². The molecule has 0 aliphatic carbocycles. The van der Waals surface area contributed by atoms with Crippen LogP contribution < -0.4 is 3.53 Å². The molecule has 1 unspecified atom stereocenters. The van der Waals surface area contributed by atoms with Gasteiger partial charge in [0.15, 0.2) is 0 Å². The van der Waals surface area contributed by atoms with E-state index in [4.69, 9.17) is 5.11 Å². The minimum atomic E-state index is -0.737. The molecule has 60 valence electrons. The average molecular weight is 369 g/mol. The first kappa shape index (κ1) is 10.9. The quantitative estimate of drug-likeness (QED) is 0.440. The van der Waals surface area contributed by atoms with Crippen LogP contribution in [0.4, 0.5) is 0 Å². The van der Waals surface area contributed by atoms with Crippen molar-refractivity contribution in [1.82, 2.24) is 3.53 Å². The van der Waals surface area contributed by atoms with Crippen molar-refractivity contribution in [3.63, 3.8) is 0 Å². The summed E-state index contributed by atoms with van der Waals surface area (Å²) in [6.07, 6.45) is 1.13. The predicted octanol–water partition coefficient (Wildman–Crippen LogP) is 1.59. The lowest BCUT2D eigenvalue weighted by Crippen LogP contribution is -2.24. The van der Waals surface area contributed by atoms with Crippen molar-refractivity contribution < 1.29 is 9.90 Å². The minimum absolute atomic E-state index is 0.120.